The standard InChI is InChI=1S/C26H33N3O6S/c1-5-18(2)27-25(31)19(3)28(17-20-10-8-11-21(16-20)35-4)24(30)14-9-15-29-26(32)22-12-6-7-13-23(22)36(29,33)34/h6-8,10-13,16,18-19H,5,9,14-15,17H2,1-4H3,(H,27,31)/t18-,19+/m0/s1. The maximum absolute atomic E-state index is 13.3. The lowest BCUT2D eigenvalue weighted by Gasteiger charge is -2.30. The fraction of sp³-hybridized carbons (Fsp3) is 0.423. The number of carbonyl (C=O) groups excluding carboxylic acids is 3. The van der Waals surface area contributed by atoms with Crippen LogP contribution < -0.4 is 10.1 Å². The molecule has 0 unspecified atom stereocenters. The fourth-order valence-electron chi connectivity index (χ4n) is 3.99. The van der Waals surface area contributed by atoms with E-state index in [9.17, 15) is 22.8 Å². The summed E-state index contributed by atoms with van der Waals surface area (Å²) >= 11 is 0. The normalized spacial score (nSPS) is 15.7. The molecule has 3 amide bonds. The highest BCUT2D eigenvalue weighted by atomic mass is 32.2. The van der Waals surface area contributed by atoms with Crippen molar-refractivity contribution in [1.29, 1.82) is 0 Å². The van der Waals surface area contributed by atoms with Crippen LogP contribution in [0.25, 0.3) is 0 Å². The van der Waals surface area contributed by atoms with Gasteiger partial charge in [0.15, 0.2) is 0 Å². The van der Waals surface area contributed by atoms with E-state index in [2.05, 4.69) is 5.32 Å². The second kappa shape index (κ2) is 11.6. The summed E-state index contributed by atoms with van der Waals surface area (Å²) < 4.78 is 31.6. The Bertz CT molecular complexity index is 1230. The minimum atomic E-state index is -3.94. The number of hydrogen-bond donors (Lipinski definition) is 1. The number of benzene rings is 2. The van der Waals surface area contributed by atoms with Gasteiger partial charge < -0.3 is 15.0 Å². The lowest BCUT2D eigenvalue weighted by atomic mass is 10.1. The van der Waals surface area contributed by atoms with E-state index < -0.39 is 22.0 Å². The van der Waals surface area contributed by atoms with Gasteiger partial charge >= 0.3 is 0 Å². The van der Waals surface area contributed by atoms with Crippen LogP contribution in [0.4, 0.5) is 0 Å². The van der Waals surface area contributed by atoms with Gasteiger partial charge in [-0.05, 0) is 56.5 Å². The number of nitrogens with zero attached hydrogens (tertiary/aromatic N) is 2. The summed E-state index contributed by atoms with van der Waals surface area (Å²) in [6, 6.07) is 12.5. The van der Waals surface area contributed by atoms with Gasteiger partial charge in [0.2, 0.25) is 11.8 Å². The Morgan fingerprint density at radius 1 is 1.11 bits per heavy atom. The second-order valence-corrected chi connectivity index (χ2v) is 10.7. The Hall–Kier alpha value is -3.40. The number of hydrogen-bond acceptors (Lipinski definition) is 6. The molecule has 1 aliphatic heterocycles. The highest BCUT2D eigenvalue weighted by molar-refractivity contribution is 7.90. The van der Waals surface area contributed by atoms with Crippen LogP contribution in [0, 0.1) is 0 Å². The van der Waals surface area contributed by atoms with Crippen molar-refractivity contribution in [3.63, 3.8) is 0 Å². The van der Waals surface area contributed by atoms with E-state index in [4.69, 9.17) is 4.74 Å². The molecular weight excluding hydrogens is 482 g/mol. The first-order chi connectivity index (χ1) is 17.1. The zero-order valence-corrected chi connectivity index (χ0v) is 21.9. The largest absolute Gasteiger partial charge is 0.497 e. The molecule has 1 N–H and O–H groups in total. The molecule has 1 heterocycles. The molecule has 194 valence electrons. The van der Waals surface area contributed by atoms with Gasteiger partial charge in [-0.2, -0.15) is 0 Å². The minimum absolute atomic E-state index is 0.0173. The van der Waals surface area contributed by atoms with Gasteiger partial charge in [-0.3, -0.25) is 14.4 Å². The molecule has 9 nitrogen and oxygen atoms in total. The Labute approximate surface area is 212 Å². The quantitative estimate of drug-likeness (QED) is 0.492. The highest BCUT2D eigenvalue weighted by Crippen LogP contribution is 2.30. The van der Waals surface area contributed by atoms with E-state index in [0.717, 1.165) is 16.3 Å². The predicted molar refractivity (Wildman–Crippen MR) is 135 cm³/mol. The Morgan fingerprint density at radius 2 is 1.83 bits per heavy atom. The molecule has 36 heavy (non-hydrogen) atoms. The minimum Gasteiger partial charge on any atom is -0.497 e. The van der Waals surface area contributed by atoms with Gasteiger partial charge in [0.05, 0.1) is 12.7 Å². The number of methoxy groups -OCH3 is 1. The summed E-state index contributed by atoms with van der Waals surface area (Å²) in [5.74, 6) is -0.541. The smallest absolute Gasteiger partial charge is 0.269 e. The SMILES string of the molecule is CC[C@H](C)NC(=O)[C@@H](C)N(Cc1cccc(OC)c1)C(=O)CCCN1C(=O)c2ccccc2S1(=O)=O. The molecule has 10 heteroatoms. The van der Waals surface area contributed by atoms with Crippen LogP contribution in [0.3, 0.4) is 0 Å². The third-order valence-electron chi connectivity index (χ3n) is 6.32. The highest BCUT2D eigenvalue weighted by Gasteiger charge is 2.40. The van der Waals surface area contributed by atoms with Crippen LogP contribution in [0.1, 0.15) is 56.0 Å². The van der Waals surface area contributed by atoms with Gasteiger partial charge in [-0.25, -0.2) is 12.7 Å². The van der Waals surface area contributed by atoms with E-state index >= 15 is 0 Å². The summed E-state index contributed by atoms with van der Waals surface area (Å²) in [4.78, 5) is 40.2. The number of carbonyl (C=O) groups is 3. The summed E-state index contributed by atoms with van der Waals surface area (Å²) in [6.45, 7) is 5.57. The van der Waals surface area contributed by atoms with Crippen LogP contribution in [0.2, 0.25) is 0 Å². The molecule has 2 aromatic rings. The first-order valence-corrected chi connectivity index (χ1v) is 13.4. The third-order valence-corrected chi connectivity index (χ3v) is 8.16. The molecule has 0 aliphatic carbocycles. The van der Waals surface area contributed by atoms with Crippen molar-refractivity contribution < 1.29 is 27.5 Å². The van der Waals surface area contributed by atoms with E-state index in [1.807, 2.05) is 26.0 Å². The first-order valence-electron chi connectivity index (χ1n) is 12.0. The molecule has 0 saturated carbocycles. The summed E-state index contributed by atoms with van der Waals surface area (Å²) in [7, 11) is -2.38. The molecule has 0 saturated heterocycles. The van der Waals surface area contributed by atoms with Crippen LogP contribution >= 0.6 is 0 Å². The lowest BCUT2D eigenvalue weighted by Crippen LogP contribution is -2.49. The molecule has 2 atom stereocenters. The van der Waals surface area contributed by atoms with Crippen molar-refractivity contribution in [3.8, 4) is 5.75 Å². The molecular formula is C26H33N3O6S. The van der Waals surface area contributed by atoms with Crippen molar-refractivity contribution in [2.45, 2.75) is 63.6 Å². The zero-order chi connectivity index (χ0) is 26.5. The molecule has 0 radical (unpaired) electrons. The Balaban J connectivity index is 1.73. The van der Waals surface area contributed by atoms with Crippen molar-refractivity contribution >= 4 is 27.7 Å². The van der Waals surface area contributed by atoms with Gasteiger partial charge in [-0.1, -0.05) is 31.2 Å². The maximum atomic E-state index is 13.3. The monoisotopic (exact) mass is 515 g/mol. The zero-order valence-electron chi connectivity index (χ0n) is 21.1. The van der Waals surface area contributed by atoms with E-state index in [-0.39, 0.29) is 54.2 Å². The first kappa shape index (κ1) is 27.2. The molecule has 0 bridgehead atoms. The second-order valence-electron chi connectivity index (χ2n) is 8.85. The number of rotatable bonds is 11. The Morgan fingerprint density at radius 3 is 2.50 bits per heavy atom. The molecule has 0 aromatic heterocycles. The van der Waals surface area contributed by atoms with Crippen molar-refractivity contribution in [1.82, 2.24) is 14.5 Å². The Kier molecular flexibility index (Phi) is 8.73. The van der Waals surface area contributed by atoms with Crippen LogP contribution in [-0.2, 0) is 26.2 Å². The van der Waals surface area contributed by atoms with Gasteiger partial charge in [-0.15, -0.1) is 0 Å². The predicted octanol–water partition coefficient (Wildman–Crippen LogP) is 2.95. The van der Waals surface area contributed by atoms with Crippen molar-refractivity contribution in [3.05, 3.63) is 59.7 Å². The maximum Gasteiger partial charge on any atom is 0.269 e. The van der Waals surface area contributed by atoms with E-state index in [0.29, 0.717) is 5.75 Å². The average Bonchev–Trinajstić information content (AvgIpc) is 3.07. The topological polar surface area (TPSA) is 113 Å². The van der Waals surface area contributed by atoms with Crippen LogP contribution in [0.5, 0.6) is 5.75 Å². The third kappa shape index (κ3) is 5.87. The average molecular weight is 516 g/mol. The lowest BCUT2D eigenvalue weighted by molar-refractivity contribution is -0.141. The van der Waals surface area contributed by atoms with Gasteiger partial charge in [0, 0.05) is 25.6 Å². The van der Waals surface area contributed by atoms with Crippen molar-refractivity contribution in [2.75, 3.05) is 13.7 Å². The number of ether oxygens (including phenoxy) is 1. The van der Waals surface area contributed by atoms with E-state index in [1.165, 1.54) is 17.0 Å². The molecule has 0 spiro atoms. The summed E-state index contributed by atoms with van der Waals surface area (Å²) in [5.41, 5.74) is 0.928. The molecule has 0 fully saturated rings. The van der Waals surface area contributed by atoms with Gasteiger partial charge in [0.25, 0.3) is 15.9 Å². The molecule has 2 aromatic carbocycles. The number of fused-ring (bicyclic) bond motifs is 1. The molecule has 1 aliphatic rings. The van der Waals surface area contributed by atoms with Crippen molar-refractivity contribution in [2.24, 2.45) is 0 Å². The van der Waals surface area contributed by atoms with Crippen LogP contribution in [-0.4, -0.2) is 61.1 Å². The number of sulfonamides is 1. The summed E-state index contributed by atoms with van der Waals surface area (Å²) in [5, 5.41) is 2.91. The number of amides is 3. The van der Waals surface area contributed by atoms with Gasteiger partial charge in [0.1, 0.15) is 16.7 Å². The van der Waals surface area contributed by atoms with Crippen LogP contribution in [0.15, 0.2) is 53.4 Å². The fourth-order valence-corrected chi connectivity index (χ4v) is 5.59. The summed E-state index contributed by atoms with van der Waals surface area (Å²) in [6.07, 6.45) is 0.857. The van der Waals surface area contributed by atoms with E-state index in [1.54, 1.807) is 38.3 Å². The number of nitrogens with one attached hydrogen (secondary N) is 1. The molecule has 3 rings (SSSR count).